The first-order chi connectivity index (χ1) is 11.3. The Bertz CT molecular complexity index is 630. The third-order valence-electron chi connectivity index (χ3n) is 4.30. The van der Waals surface area contributed by atoms with Gasteiger partial charge >= 0.3 is 0 Å². The van der Waals surface area contributed by atoms with Crippen molar-refractivity contribution in [2.24, 2.45) is 0 Å². The van der Waals surface area contributed by atoms with Gasteiger partial charge < -0.3 is 18.9 Å². The molecule has 2 aliphatic rings. The highest BCUT2D eigenvalue weighted by atomic mass is 16.8. The lowest BCUT2D eigenvalue weighted by Gasteiger charge is -2.45. The van der Waals surface area contributed by atoms with Crippen LogP contribution in [-0.2, 0) is 18.9 Å². The van der Waals surface area contributed by atoms with Gasteiger partial charge in [-0.1, -0.05) is 60.7 Å². The highest BCUT2D eigenvalue weighted by Gasteiger charge is 2.43. The van der Waals surface area contributed by atoms with Gasteiger partial charge in [-0.05, 0) is 6.92 Å². The lowest BCUT2D eigenvalue weighted by molar-refractivity contribution is -0.360. The van der Waals surface area contributed by atoms with Crippen molar-refractivity contribution in [1.82, 2.24) is 0 Å². The Morgan fingerprint density at radius 2 is 1.35 bits per heavy atom. The van der Waals surface area contributed by atoms with Crippen LogP contribution in [0.3, 0.4) is 0 Å². The zero-order chi connectivity index (χ0) is 15.6. The van der Waals surface area contributed by atoms with E-state index < -0.39 is 0 Å². The van der Waals surface area contributed by atoms with Gasteiger partial charge in [-0.2, -0.15) is 0 Å². The minimum atomic E-state index is -0.368. The summed E-state index contributed by atoms with van der Waals surface area (Å²) in [6.07, 6.45) is -1.04. The lowest BCUT2D eigenvalue weighted by atomic mass is 10.0. The molecule has 0 spiro atoms. The van der Waals surface area contributed by atoms with Gasteiger partial charge in [-0.25, -0.2) is 0 Å². The number of ether oxygens (including phenoxy) is 4. The third-order valence-corrected chi connectivity index (χ3v) is 4.30. The molecule has 0 unspecified atom stereocenters. The fourth-order valence-electron chi connectivity index (χ4n) is 3.09. The average molecular weight is 312 g/mol. The summed E-state index contributed by atoms with van der Waals surface area (Å²) in [6, 6.07) is 19.9. The van der Waals surface area contributed by atoms with E-state index in [-0.39, 0.29) is 30.9 Å². The van der Waals surface area contributed by atoms with Crippen molar-refractivity contribution >= 4 is 0 Å². The molecule has 4 rings (SSSR count). The standard InChI is InChI=1S/C19H20O4/c1-13-17-16(22-19(21-13)15-10-6-3-7-11-15)12-20-18(23-17)14-8-4-2-5-9-14/h2-11,13,16-19H,12H2,1H3/t13-,16-,17-,18+,19-/m1/s1. The summed E-state index contributed by atoms with van der Waals surface area (Å²) < 4.78 is 24.0. The fraction of sp³-hybridized carbons (Fsp3) is 0.368. The summed E-state index contributed by atoms with van der Waals surface area (Å²) in [5, 5.41) is 0. The summed E-state index contributed by atoms with van der Waals surface area (Å²) in [4.78, 5) is 0. The molecule has 0 amide bonds. The van der Waals surface area contributed by atoms with Gasteiger partial charge in [0.2, 0.25) is 0 Å². The minimum absolute atomic E-state index is 0.0610. The Morgan fingerprint density at radius 3 is 2.00 bits per heavy atom. The van der Waals surface area contributed by atoms with Crippen molar-refractivity contribution in [3.05, 3.63) is 71.8 Å². The van der Waals surface area contributed by atoms with Crippen LogP contribution >= 0.6 is 0 Å². The summed E-state index contributed by atoms with van der Waals surface area (Å²) in [5.74, 6) is 0. The van der Waals surface area contributed by atoms with Crippen LogP contribution in [0.4, 0.5) is 0 Å². The van der Waals surface area contributed by atoms with Crippen LogP contribution in [0.15, 0.2) is 60.7 Å². The highest BCUT2D eigenvalue weighted by molar-refractivity contribution is 5.18. The van der Waals surface area contributed by atoms with Crippen molar-refractivity contribution in [2.45, 2.75) is 37.8 Å². The summed E-state index contributed by atoms with van der Waals surface area (Å²) in [6.45, 7) is 2.53. The number of hydrogen-bond acceptors (Lipinski definition) is 4. The predicted molar refractivity (Wildman–Crippen MR) is 84.6 cm³/mol. The molecule has 0 saturated carbocycles. The molecule has 2 heterocycles. The zero-order valence-corrected chi connectivity index (χ0v) is 13.0. The van der Waals surface area contributed by atoms with Crippen molar-refractivity contribution in [2.75, 3.05) is 6.61 Å². The number of hydrogen-bond donors (Lipinski definition) is 0. The molecule has 0 bridgehead atoms. The van der Waals surface area contributed by atoms with Crippen molar-refractivity contribution in [3.8, 4) is 0 Å². The van der Waals surface area contributed by atoms with Gasteiger partial charge in [0, 0.05) is 11.1 Å². The number of benzene rings is 2. The van der Waals surface area contributed by atoms with Gasteiger partial charge in [0.1, 0.15) is 12.2 Å². The molecule has 0 N–H and O–H groups in total. The maximum absolute atomic E-state index is 6.10. The largest absolute Gasteiger partial charge is 0.346 e. The van der Waals surface area contributed by atoms with E-state index in [0.29, 0.717) is 6.61 Å². The van der Waals surface area contributed by atoms with Crippen LogP contribution in [-0.4, -0.2) is 24.9 Å². The quantitative estimate of drug-likeness (QED) is 0.849. The maximum atomic E-state index is 6.10. The first-order valence-electron chi connectivity index (χ1n) is 7.99. The second kappa shape index (κ2) is 6.42. The topological polar surface area (TPSA) is 36.9 Å². The van der Waals surface area contributed by atoms with Crippen molar-refractivity contribution < 1.29 is 18.9 Å². The first-order valence-corrected chi connectivity index (χ1v) is 7.99. The van der Waals surface area contributed by atoms with Crippen molar-refractivity contribution in [1.29, 1.82) is 0 Å². The molecule has 2 saturated heterocycles. The number of rotatable bonds is 2. The van der Waals surface area contributed by atoms with Crippen LogP contribution in [0.1, 0.15) is 30.6 Å². The van der Waals surface area contributed by atoms with E-state index >= 15 is 0 Å². The average Bonchev–Trinajstić information content (AvgIpc) is 2.63. The van der Waals surface area contributed by atoms with Gasteiger partial charge in [0.25, 0.3) is 0 Å². The first kappa shape index (κ1) is 14.8. The second-order valence-corrected chi connectivity index (χ2v) is 5.93. The molecule has 23 heavy (non-hydrogen) atoms. The Kier molecular flexibility index (Phi) is 4.14. The lowest BCUT2D eigenvalue weighted by Crippen LogP contribution is -2.53. The molecule has 4 nitrogen and oxygen atoms in total. The summed E-state index contributed by atoms with van der Waals surface area (Å²) >= 11 is 0. The van der Waals surface area contributed by atoms with E-state index in [0.717, 1.165) is 11.1 Å². The van der Waals surface area contributed by atoms with E-state index in [4.69, 9.17) is 18.9 Å². The van der Waals surface area contributed by atoms with E-state index in [1.807, 2.05) is 67.6 Å². The van der Waals surface area contributed by atoms with Crippen LogP contribution in [0.2, 0.25) is 0 Å². The molecule has 2 aliphatic heterocycles. The number of fused-ring (bicyclic) bond motifs is 1. The van der Waals surface area contributed by atoms with Gasteiger partial charge in [-0.3, -0.25) is 0 Å². The Labute approximate surface area is 135 Å². The van der Waals surface area contributed by atoms with Crippen LogP contribution in [0.25, 0.3) is 0 Å². The van der Waals surface area contributed by atoms with Crippen molar-refractivity contribution in [3.63, 3.8) is 0 Å². The molecule has 4 heteroatoms. The molecular formula is C19H20O4. The van der Waals surface area contributed by atoms with Gasteiger partial charge in [-0.15, -0.1) is 0 Å². The maximum Gasteiger partial charge on any atom is 0.184 e. The predicted octanol–water partition coefficient (Wildman–Crippen LogP) is 3.60. The van der Waals surface area contributed by atoms with Crippen LogP contribution in [0.5, 0.6) is 0 Å². The molecular weight excluding hydrogens is 292 g/mol. The molecule has 0 radical (unpaired) electrons. The SMILES string of the molecule is C[C@H]1O[C@@H](c2ccccc2)O[C@@H]2CO[C@H](c3ccccc3)O[C@H]12. The second-order valence-electron chi connectivity index (χ2n) is 5.93. The molecule has 2 aromatic carbocycles. The molecule has 120 valence electrons. The van der Waals surface area contributed by atoms with E-state index in [2.05, 4.69) is 0 Å². The third kappa shape index (κ3) is 3.03. The molecule has 2 fully saturated rings. The Balaban J connectivity index is 1.48. The monoisotopic (exact) mass is 312 g/mol. The van der Waals surface area contributed by atoms with Crippen LogP contribution in [0, 0.1) is 0 Å². The fourth-order valence-corrected chi connectivity index (χ4v) is 3.09. The minimum Gasteiger partial charge on any atom is -0.346 e. The Hall–Kier alpha value is -1.72. The normalized spacial score (nSPS) is 33.9. The highest BCUT2D eigenvalue weighted by Crippen LogP contribution is 2.37. The zero-order valence-electron chi connectivity index (χ0n) is 13.0. The molecule has 2 aromatic rings. The van der Waals surface area contributed by atoms with Crippen LogP contribution < -0.4 is 0 Å². The summed E-state index contributed by atoms with van der Waals surface area (Å²) in [7, 11) is 0. The Morgan fingerprint density at radius 1 is 0.739 bits per heavy atom. The van der Waals surface area contributed by atoms with Gasteiger partial charge in [0.15, 0.2) is 12.6 Å². The van der Waals surface area contributed by atoms with E-state index in [9.17, 15) is 0 Å². The van der Waals surface area contributed by atoms with Gasteiger partial charge in [0.05, 0.1) is 12.7 Å². The molecule has 0 aliphatic carbocycles. The van der Waals surface area contributed by atoms with E-state index in [1.165, 1.54) is 0 Å². The molecule has 5 atom stereocenters. The smallest absolute Gasteiger partial charge is 0.184 e. The summed E-state index contributed by atoms with van der Waals surface area (Å²) in [5.41, 5.74) is 2.03. The van der Waals surface area contributed by atoms with E-state index in [1.54, 1.807) is 0 Å². The molecule has 0 aromatic heterocycles.